The first-order valence-electron chi connectivity index (χ1n) is 6.04. The summed E-state index contributed by atoms with van der Waals surface area (Å²) in [5, 5.41) is 21.3. The molecule has 8 heteroatoms. The predicted molar refractivity (Wildman–Crippen MR) is 69.5 cm³/mol. The summed E-state index contributed by atoms with van der Waals surface area (Å²) in [5.74, 6) is 0.0370. The number of nitrogens with zero attached hydrogens (tertiary/aromatic N) is 4. The summed E-state index contributed by atoms with van der Waals surface area (Å²) in [7, 11) is 1.86. The maximum absolute atomic E-state index is 13.4. The van der Waals surface area contributed by atoms with E-state index >= 15 is 0 Å². The van der Waals surface area contributed by atoms with Crippen LogP contribution in [0.15, 0.2) is 24.5 Å². The Morgan fingerprint density at radius 3 is 2.90 bits per heavy atom. The fourth-order valence-electron chi connectivity index (χ4n) is 1.77. The lowest BCUT2D eigenvalue weighted by molar-refractivity contribution is -0.387. The zero-order valence-corrected chi connectivity index (χ0v) is 10.9. The highest BCUT2D eigenvalue weighted by molar-refractivity contribution is 5.34. The first-order valence-corrected chi connectivity index (χ1v) is 6.04. The Labute approximate surface area is 114 Å². The van der Waals surface area contributed by atoms with Crippen LogP contribution in [0.1, 0.15) is 11.4 Å². The second kappa shape index (κ2) is 6.20. The van der Waals surface area contributed by atoms with Crippen molar-refractivity contribution in [3.63, 3.8) is 0 Å². The minimum Gasteiger partial charge on any atom is -0.321 e. The summed E-state index contributed by atoms with van der Waals surface area (Å²) in [6, 6.07) is 3.89. The van der Waals surface area contributed by atoms with Crippen molar-refractivity contribution in [1.29, 1.82) is 0 Å². The van der Waals surface area contributed by atoms with Gasteiger partial charge in [-0.25, -0.2) is 0 Å². The van der Waals surface area contributed by atoms with Gasteiger partial charge in [0.15, 0.2) is 0 Å². The molecule has 0 amide bonds. The molecular weight excluding hydrogens is 265 g/mol. The van der Waals surface area contributed by atoms with Crippen LogP contribution in [0.25, 0.3) is 0 Å². The van der Waals surface area contributed by atoms with Crippen LogP contribution < -0.4 is 5.32 Å². The summed E-state index contributed by atoms with van der Waals surface area (Å²) >= 11 is 0. The number of benzene rings is 1. The highest BCUT2D eigenvalue weighted by Crippen LogP contribution is 2.17. The number of rotatable bonds is 6. The molecule has 1 aromatic heterocycles. The van der Waals surface area contributed by atoms with Gasteiger partial charge < -0.3 is 9.88 Å². The van der Waals surface area contributed by atoms with Crippen molar-refractivity contribution < 1.29 is 9.31 Å². The van der Waals surface area contributed by atoms with E-state index < -0.39 is 16.4 Å². The third-order valence-corrected chi connectivity index (χ3v) is 2.87. The largest absolute Gasteiger partial charge is 0.321 e. The maximum atomic E-state index is 13.4. The van der Waals surface area contributed by atoms with Crippen molar-refractivity contribution in [3.05, 3.63) is 51.8 Å². The molecule has 0 radical (unpaired) electrons. The molecule has 0 fully saturated rings. The fourth-order valence-corrected chi connectivity index (χ4v) is 1.77. The molecule has 0 saturated heterocycles. The number of hydrogen-bond acceptors (Lipinski definition) is 5. The number of halogens is 1. The van der Waals surface area contributed by atoms with Gasteiger partial charge in [-0.2, -0.15) is 4.39 Å². The highest BCUT2D eigenvalue weighted by Gasteiger charge is 2.13. The third-order valence-electron chi connectivity index (χ3n) is 2.87. The van der Waals surface area contributed by atoms with Crippen LogP contribution in [-0.2, 0) is 20.0 Å². The van der Waals surface area contributed by atoms with Crippen molar-refractivity contribution in [2.45, 2.75) is 13.0 Å². The van der Waals surface area contributed by atoms with Crippen LogP contribution in [0.5, 0.6) is 0 Å². The molecule has 0 unspecified atom stereocenters. The Bertz CT molecular complexity index is 614. The average Bonchev–Trinajstić information content (AvgIpc) is 2.80. The van der Waals surface area contributed by atoms with Crippen molar-refractivity contribution in [1.82, 2.24) is 20.1 Å². The molecule has 0 aliphatic rings. The van der Waals surface area contributed by atoms with Crippen molar-refractivity contribution in [3.8, 4) is 0 Å². The lowest BCUT2D eigenvalue weighted by Crippen LogP contribution is -2.18. The quantitative estimate of drug-likeness (QED) is 0.487. The van der Waals surface area contributed by atoms with E-state index in [1.54, 1.807) is 6.33 Å². The molecule has 0 aliphatic carbocycles. The minimum absolute atomic E-state index is 0.437. The summed E-state index contributed by atoms with van der Waals surface area (Å²) in [5.41, 5.74) is 0.152. The molecule has 0 saturated carbocycles. The molecule has 106 valence electrons. The van der Waals surface area contributed by atoms with E-state index in [2.05, 4.69) is 15.5 Å². The van der Waals surface area contributed by atoms with E-state index in [-0.39, 0.29) is 0 Å². The lowest BCUT2D eigenvalue weighted by atomic mass is 10.2. The van der Waals surface area contributed by atoms with Gasteiger partial charge in [-0.3, -0.25) is 10.1 Å². The van der Waals surface area contributed by atoms with Gasteiger partial charge in [0.25, 0.3) is 0 Å². The molecule has 7 nitrogen and oxygen atoms in total. The van der Waals surface area contributed by atoms with Gasteiger partial charge in [0.2, 0.25) is 5.82 Å². The van der Waals surface area contributed by atoms with Crippen molar-refractivity contribution in [2.24, 2.45) is 7.05 Å². The number of aryl methyl sites for hydroxylation is 1. The van der Waals surface area contributed by atoms with Crippen LogP contribution >= 0.6 is 0 Å². The number of aromatic nitrogens is 3. The Kier molecular flexibility index (Phi) is 4.36. The Hall–Kier alpha value is -2.35. The molecule has 0 aliphatic heterocycles. The molecule has 1 N–H and O–H groups in total. The number of nitro benzene ring substituents is 1. The number of nitro groups is 1. The minimum atomic E-state index is -0.817. The zero-order chi connectivity index (χ0) is 14.5. The van der Waals surface area contributed by atoms with Crippen LogP contribution in [0.3, 0.4) is 0 Å². The van der Waals surface area contributed by atoms with E-state index in [9.17, 15) is 14.5 Å². The second-order valence-corrected chi connectivity index (χ2v) is 4.33. The normalized spacial score (nSPS) is 10.7. The molecule has 0 bridgehead atoms. The second-order valence-electron chi connectivity index (χ2n) is 4.33. The molecule has 1 aromatic carbocycles. The summed E-state index contributed by atoms with van der Waals surface area (Å²) in [6.07, 6.45) is 2.33. The van der Waals surface area contributed by atoms with E-state index in [0.29, 0.717) is 25.1 Å². The molecule has 0 atom stereocenters. The van der Waals surface area contributed by atoms with Crippen LogP contribution in [0, 0.1) is 15.9 Å². The van der Waals surface area contributed by atoms with Crippen LogP contribution in [0.2, 0.25) is 0 Å². The Balaban J connectivity index is 1.84. The van der Waals surface area contributed by atoms with Gasteiger partial charge in [0, 0.05) is 32.6 Å². The maximum Gasteiger partial charge on any atom is 0.304 e. The van der Waals surface area contributed by atoms with Gasteiger partial charge in [-0.05, 0) is 11.6 Å². The van der Waals surface area contributed by atoms with Gasteiger partial charge in [0.05, 0.1) is 4.92 Å². The summed E-state index contributed by atoms with van der Waals surface area (Å²) < 4.78 is 15.2. The van der Waals surface area contributed by atoms with Crippen LogP contribution in [-0.4, -0.2) is 26.2 Å². The average molecular weight is 279 g/mol. The number of nitrogens with one attached hydrogen (secondary N) is 1. The van der Waals surface area contributed by atoms with E-state index in [4.69, 9.17) is 0 Å². The van der Waals surface area contributed by atoms with Gasteiger partial charge >= 0.3 is 5.69 Å². The molecule has 1 heterocycles. The first-order chi connectivity index (χ1) is 9.58. The van der Waals surface area contributed by atoms with Gasteiger partial charge in [-0.1, -0.05) is 6.07 Å². The van der Waals surface area contributed by atoms with E-state index in [0.717, 1.165) is 5.82 Å². The van der Waals surface area contributed by atoms with Crippen LogP contribution in [0.4, 0.5) is 10.1 Å². The van der Waals surface area contributed by atoms with E-state index in [1.165, 1.54) is 18.2 Å². The topological polar surface area (TPSA) is 85.9 Å². The molecule has 0 spiro atoms. The SMILES string of the molecule is Cn1cnnc1CCNCc1ccc([N+](=O)[O-])c(F)c1. The van der Waals surface area contributed by atoms with E-state index in [1.807, 2.05) is 11.6 Å². The Morgan fingerprint density at radius 1 is 1.50 bits per heavy atom. The van der Waals surface area contributed by atoms with Gasteiger partial charge in [0.1, 0.15) is 12.2 Å². The summed E-state index contributed by atoms with van der Waals surface area (Å²) in [6.45, 7) is 1.10. The number of hydrogen-bond donors (Lipinski definition) is 1. The fraction of sp³-hybridized carbons (Fsp3) is 0.333. The summed E-state index contributed by atoms with van der Waals surface area (Å²) in [4.78, 5) is 9.76. The highest BCUT2D eigenvalue weighted by atomic mass is 19.1. The third kappa shape index (κ3) is 3.35. The standard InChI is InChI=1S/C12H14FN5O2/c1-17-8-15-16-12(17)4-5-14-7-9-2-3-11(18(19)20)10(13)6-9/h2-3,6,8,14H,4-5,7H2,1H3. The molecule has 20 heavy (non-hydrogen) atoms. The molecule has 2 rings (SSSR count). The van der Waals surface area contributed by atoms with Crippen molar-refractivity contribution in [2.75, 3.05) is 6.54 Å². The molecule has 2 aromatic rings. The zero-order valence-electron chi connectivity index (χ0n) is 10.9. The smallest absolute Gasteiger partial charge is 0.304 e. The molecular formula is C12H14FN5O2. The lowest BCUT2D eigenvalue weighted by Gasteiger charge is -2.05. The Morgan fingerprint density at radius 2 is 2.30 bits per heavy atom. The van der Waals surface area contributed by atoms with Crippen molar-refractivity contribution >= 4 is 5.69 Å². The van der Waals surface area contributed by atoms with Gasteiger partial charge in [-0.15, -0.1) is 10.2 Å². The predicted octanol–water partition coefficient (Wildman–Crippen LogP) is 1.19. The first kappa shape index (κ1) is 14.1. The monoisotopic (exact) mass is 279 g/mol.